The van der Waals surface area contributed by atoms with Gasteiger partial charge in [-0.05, 0) is 31.4 Å². The standard InChI is InChI=1S/C14H19NO3/c1-17-11-3-7-14(8-4-11)6-2-9-15-12(16)5-10-18-13(14)15/h3-4,7,13H,2,5-6,8-10H2,1H3/t13?,14-/m0/s1. The van der Waals surface area contributed by atoms with Gasteiger partial charge in [0, 0.05) is 12.0 Å². The molecular weight excluding hydrogens is 230 g/mol. The first-order valence-electron chi connectivity index (χ1n) is 6.60. The lowest BCUT2D eigenvalue weighted by molar-refractivity contribution is -0.187. The molecule has 0 radical (unpaired) electrons. The van der Waals surface area contributed by atoms with Crippen LogP contribution in [0.25, 0.3) is 0 Å². The molecule has 18 heavy (non-hydrogen) atoms. The van der Waals surface area contributed by atoms with E-state index in [0.717, 1.165) is 31.6 Å². The van der Waals surface area contributed by atoms with Crippen molar-refractivity contribution < 1.29 is 14.3 Å². The van der Waals surface area contributed by atoms with Crippen LogP contribution in [0, 0.1) is 5.41 Å². The zero-order valence-corrected chi connectivity index (χ0v) is 10.7. The lowest BCUT2D eigenvalue weighted by atomic mass is 9.72. The molecule has 0 N–H and O–H groups in total. The molecular formula is C14H19NO3. The predicted octanol–water partition coefficient (Wildman–Crippen LogP) is 1.83. The fourth-order valence-electron chi connectivity index (χ4n) is 3.24. The summed E-state index contributed by atoms with van der Waals surface area (Å²) in [6, 6.07) is 0. The molecule has 2 saturated heterocycles. The van der Waals surface area contributed by atoms with Gasteiger partial charge in [-0.15, -0.1) is 0 Å². The molecule has 0 aromatic heterocycles. The van der Waals surface area contributed by atoms with Crippen molar-refractivity contribution in [3.05, 3.63) is 24.0 Å². The number of allylic oxidation sites excluding steroid dienone is 2. The smallest absolute Gasteiger partial charge is 0.226 e. The Morgan fingerprint density at radius 3 is 3.17 bits per heavy atom. The topological polar surface area (TPSA) is 38.8 Å². The maximum Gasteiger partial charge on any atom is 0.226 e. The van der Waals surface area contributed by atoms with Gasteiger partial charge in [0.15, 0.2) is 0 Å². The first kappa shape index (κ1) is 11.8. The Balaban J connectivity index is 1.86. The summed E-state index contributed by atoms with van der Waals surface area (Å²) < 4.78 is 11.1. The summed E-state index contributed by atoms with van der Waals surface area (Å²) in [6.07, 6.45) is 9.75. The Morgan fingerprint density at radius 1 is 1.56 bits per heavy atom. The minimum atomic E-state index is -0.0848. The molecule has 0 saturated carbocycles. The molecule has 0 aromatic carbocycles. The number of methoxy groups -OCH3 is 1. The zero-order valence-electron chi connectivity index (χ0n) is 10.7. The molecule has 3 rings (SSSR count). The van der Waals surface area contributed by atoms with E-state index < -0.39 is 0 Å². The number of nitrogens with zero attached hydrogens (tertiary/aromatic N) is 1. The summed E-state index contributed by atoms with van der Waals surface area (Å²) in [5.74, 6) is 1.14. The summed E-state index contributed by atoms with van der Waals surface area (Å²) in [7, 11) is 1.68. The first-order chi connectivity index (χ1) is 8.75. The van der Waals surface area contributed by atoms with E-state index in [1.807, 2.05) is 11.0 Å². The highest BCUT2D eigenvalue weighted by Gasteiger charge is 2.47. The molecule has 0 aromatic rings. The summed E-state index contributed by atoms with van der Waals surface area (Å²) >= 11 is 0. The van der Waals surface area contributed by atoms with Crippen LogP contribution in [0.3, 0.4) is 0 Å². The minimum Gasteiger partial charge on any atom is -0.497 e. The van der Waals surface area contributed by atoms with Gasteiger partial charge < -0.3 is 14.4 Å². The molecule has 3 aliphatic rings. The molecule has 4 nitrogen and oxygen atoms in total. The summed E-state index contributed by atoms with van der Waals surface area (Å²) in [4.78, 5) is 13.9. The molecule has 2 aliphatic heterocycles. The van der Waals surface area contributed by atoms with Crippen LogP contribution >= 0.6 is 0 Å². The van der Waals surface area contributed by atoms with Crippen molar-refractivity contribution >= 4 is 5.91 Å². The van der Waals surface area contributed by atoms with Gasteiger partial charge in [-0.25, -0.2) is 0 Å². The average Bonchev–Trinajstić information content (AvgIpc) is 2.41. The third kappa shape index (κ3) is 1.75. The van der Waals surface area contributed by atoms with Crippen molar-refractivity contribution in [1.82, 2.24) is 4.90 Å². The molecule has 1 aliphatic carbocycles. The molecule has 0 bridgehead atoms. The summed E-state index contributed by atoms with van der Waals surface area (Å²) in [6.45, 7) is 1.39. The molecule has 2 heterocycles. The number of rotatable bonds is 1. The van der Waals surface area contributed by atoms with Crippen LogP contribution < -0.4 is 0 Å². The second-order valence-corrected chi connectivity index (χ2v) is 5.25. The van der Waals surface area contributed by atoms with E-state index >= 15 is 0 Å². The number of ether oxygens (including phenoxy) is 2. The van der Waals surface area contributed by atoms with Gasteiger partial charge in [0.05, 0.1) is 20.1 Å². The molecule has 98 valence electrons. The van der Waals surface area contributed by atoms with E-state index in [1.165, 1.54) is 0 Å². The van der Waals surface area contributed by atoms with Crippen LogP contribution in [0.4, 0.5) is 0 Å². The summed E-state index contributed by atoms with van der Waals surface area (Å²) in [5, 5.41) is 0. The van der Waals surface area contributed by atoms with Gasteiger partial charge in [0.2, 0.25) is 5.91 Å². The van der Waals surface area contributed by atoms with E-state index in [9.17, 15) is 4.79 Å². The molecule has 1 unspecified atom stereocenters. The number of hydrogen-bond acceptors (Lipinski definition) is 3. The molecule has 2 fully saturated rings. The SMILES string of the molecule is COC1=CC[C@@]2(C=C1)CCCN1C(=O)CCOC12. The minimum absolute atomic E-state index is 0.0453. The van der Waals surface area contributed by atoms with Gasteiger partial charge >= 0.3 is 0 Å². The van der Waals surface area contributed by atoms with Crippen molar-refractivity contribution in [2.24, 2.45) is 5.41 Å². The third-order valence-corrected chi connectivity index (χ3v) is 4.23. The van der Waals surface area contributed by atoms with Crippen LogP contribution in [0.2, 0.25) is 0 Å². The maximum absolute atomic E-state index is 12.0. The van der Waals surface area contributed by atoms with Gasteiger partial charge in [-0.2, -0.15) is 0 Å². The maximum atomic E-state index is 12.0. The first-order valence-corrected chi connectivity index (χ1v) is 6.60. The lowest BCUT2D eigenvalue weighted by Crippen LogP contribution is -2.58. The highest BCUT2D eigenvalue weighted by Crippen LogP contribution is 2.45. The van der Waals surface area contributed by atoms with Crippen molar-refractivity contribution in [3.8, 4) is 0 Å². The highest BCUT2D eigenvalue weighted by atomic mass is 16.5. The zero-order chi connectivity index (χ0) is 12.6. The van der Waals surface area contributed by atoms with Crippen LogP contribution in [-0.4, -0.2) is 37.3 Å². The number of carbonyl (C=O) groups is 1. The van der Waals surface area contributed by atoms with E-state index in [2.05, 4.69) is 12.2 Å². The number of carbonyl (C=O) groups excluding carboxylic acids is 1. The Labute approximate surface area is 107 Å². The number of amides is 1. The monoisotopic (exact) mass is 249 g/mol. The quantitative estimate of drug-likeness (QED) is 0.711. The number of piperidine rings is 1. The normalized spacial score (nSPS) is 35.4. The second kappa shape index (κ2) is 4.43. The van der Waals surface area contributed by atoms with E-state index in [4.69, 9.17) is 9.47 Å². The fraction of sp³-hybridized carbons (Fsp3) is 0.643. The Bertz CT molecular complexity index is 415. The molecule has 1 amide bonds. The van der Waals surface area contributed by atoms with E-state index in [1.54, 1.807) is 7.11 Å². The third-order valence-electron chi connectivity index (χ3n) is 4.23. The molecule has 2 atom stereocenters. The summed E-state index contributed by atoms with van der Waals surface area (Å²) in [5.41, 5.74) is -0.0453. The predicted molar refractivity (Wildman–Crippen MR) is 66.6 cm³/mol. The van der Waals surface area contributed by atoms with Crippen molar-refractivity contribution in [3.63, 3.8) is 0 Å². The van der Waals surface area contributed by atoms with Crippen molar-refractivity contribution in [2.45, 2.75) is 31.9 Å². The van der Waals surface area contributed by atoms with Crippen LogP contribution in [0.1, 0.15) is 25.7 Å². The van der Waals surface area contributed by atoms with E-state index in [0.29, 0.717) is 13.0 Å². The largest absolute Gasteiger partial charge is 0.497 e. The van der Waals surface area contributed by atoms with Crippen molar-refractivity contribution in [1.29, 1.82) is 0 Å². The van der Waals surface area contributed by atoms with Crippen LogP contribution in [0.15, 0.2) is 24.0 Å². The molecule has 4 heteroatoms. The number of fused-ring (bicyclic) bond motifs is 2. The van der Waals surface area contributed by atoms with Crippen LogP contribution in [0.5, 0.6) is 0 Å². The van der Waals surface area contributed by atoms with Crippen LogP contribution in [-0.2, 0) is 14.3 Å². The van der Waals surface area contributed by atoms with Gasteiger partial charge in [0.1, 0.15) is 12.0 Å². The molecule has 1 spiro atoms. The Morgan fingerprint density at radius 2 is 2.44 bits per heavy atom. The number of hydrogen-bond donors (Lipinski definition) is 0. The van der Waals surface area contributed by atoms with Gasteiger partial charge in [0.25, 0.3) is 0 Å². The highest BCUT2D eigenvalue weighted by molar-refractivity contribution is 5.77. The Kier molecular flexibility index (Phi) is 2.90. The van der Waals surface area contributed by atoms with E-state index in [-0.39, 0.29) is 17.6 Å². The average molecular weight is 249 g/mol. The van der Waals surface area contributed by atoms with Gasteiger partial charge in [-0.3, -0.25) is 4.79 Å². The van der Waals surface area contributed by atoms with Crippen molar-refractivity contribution in [2.75, 3.05) is 20.3 Å². The second-order valence-electron chi connectivity index (χ2n) is 5.25. The van der Waals surface area contributed by atoms with Gasteiger partial charge in [-0.1, -0.05) is 6.08 Å². The lowest BCUT2D eigenvalue weighted by Gasteiger charge is -2.50. The Hall–Kier alpha value is -1.29. The fourth-order valence-corrected chi connectivity index (χ4v) is 3.24.